The van der Waals surface area contributed by atoms with E-state index in [0.717, 1.165) is 11.1 Å². The Morgan fingerprint density at radius 3 is 2.34 bits per heavy atom. The number of hydrogen-bond acceptors (Lipinski definition) is 7. The third-order valence-corrected chi connectivity index (χ3v) is 4.44. The van der Waals surface area contributed by atoms with E-state index in [1.54, 1.807) is 0 Å². The van der Waals surface area contributed by atoms with Gasteiger partial charge in [-0.05, 0) is 17.7 Å². The van der Waals surface area contributed by atoms with Gasteiger partial charge >= 0.3 is 11.9 Å². The minimum atomic E-state index is -0.789. The van der Waals surface area contributed by atoms with Gasteiger partial charge in [-0.1, -0.05) is 47.7 Å². The Bertz CT molecular complexity index is 1200. The molecule has 0 bridgehead atoms. The molecule has 4 rings (SSSR count). The van der Waals surface area contributed by atoms with Crippen molar-refractivity contribution >= 4 is 23.0 Å². The standard InChI is InChI=1S/C20H17N5O4/c1-28-18(26)16-17(19(27)29-2)25(23-22-16)20-21-14-10-6-7-11-15(14)24(20)12-13-8-4-3-5-9-13/h3-11H,12H2,1-2H3. The minimum Gasteiger partial charge on any atom is -0.464 e. The lowest BCUT2D eigenvalue weighted by molar-refractivity contribution is 0.0545. The van der Waals surface area contributed by atoms with Gasteiger partial charge in [-0.2, -0.15) is 4.68 Å². The first-order chi connectivity index (χ1) is 14.1. The summed E-state index contributed by atoms with van der Waals surface area (Å²) >= 11 is 0. The van der Waals surface area contributed by atoms with Crippen molar-refractivity contribution in [3.63, 3.8) is 0 Å². The van der Waals surface area contributed by atoms with Crippen molar-refractivity contribution in [2.45, 2.75) is 6.54 Å². The number of carbonyl (C=O) groups is 2. The Morgan fingerprint density at radius 1 is 0.931 bits per heavy atom. The summed E-state index contributed by atoms with van der Waals surface area (Å²) in [5.41, 5.74) is 2.20. The average Bonchev–Trinajstić information content (AvgIpc) is 3.35. The van der Waals surface area contributed by atoms with Crippen molar-refractivity contribution in [3.05, 3.63) is 71.5 Å². The first kappa shape index (κ1) is 18.4. The molecule has 146 valence electrons. The van der Waals surface area contributed by atoms with Crippen LogP contribution in [0.15, 0.2) is 54.6 Å². The number of aromatic nitrogens is 5. The lowest BCUT2D eigenvalue weighted by Crippen LogP contribution is -2.18. The number of nitrogens with zero attached hydrogens (tertiary/aromatic N) is 5. The lowest BCUT2D eigenvalue weighted by atomic mass is 10.2. The zero-order valence-corrected chi connectivity index (χ0v) is 15.8. The molecule has 0 spiro atoms. The molecule has 0 aliphatic heterocycles. The summed E-state index contributed by atoms with van der Waals surface area (Å²) in [6, 6.07) is 17.3. The highest BCUT2D eigenvalue weighted by Crippen LogP contribution is 2.22. The van der Waals surface area contributed by atoms with Crippen molar-refractivity contribution in [2.24, 2.45) is 0 Å². The highest BCUT2D eigenvalue weighted by molar-refractivity contribution is 6.00. The van der Waals surface area contributed by atoms with Crippen LogP contribution in [0.25, 0.3) is 17.0 Å². The molecule has 0 unspecified atom stereocenters. The van der Waals surface area contributed by atoms with Crippen molar-refractivity contribution in [2.75, 3.05) is 14.2 Å². The molecule has 4 aromatic rings. The average molecular weight is 391 g/mol. The molecule has 0 saturated carbocycles. The highest BCUT2D eigenvalue weighted by atomic mass is 16.5. The van der Waals surface area contributed by atoms with Gasteiger partial charge in [0.2, 0.25) is 11.6 Å². The Kier molecular flexibility index (Phi) is 4.78. The van der Waals surface area contributed by atoms with E-state index < -0.39 is 11.9 Å². The van der Waals surface area contributed by atoms with E-state index in [1.165, 1.54) is 18.9 Å². The number of ether oxygens (including phenoxy) is 2. The molecule has 0 amide bonds. The monoisotopic (exact) mass is 391 g/mol. The van der Waals surface area contributed by atoms with Crippen LogP contribution in [0, 0.1) is 0 Å². The van der Waals surface area contributed by atoms with Crippen LogP contribution in [0.5, 0.6) is 0 Å². The van der Waals surface area contributed by atoms with E-state index in [0.29, 0.717) is 18.0 Å². The minimum absolute atomic E-state index is 0.149. The second kappa shape index (κ2) is 7.55. The number of carbonyl (C=O) groups excluding carboxylic acids is 2. The number of esters is 2. The van der Waals surface area contributed by atoms with Gasteiger partial charge in [0, 0.05) is 0 Å². The summed E-state index contributed by atoms with van der Waals surface area (Å²) in [4.78, 5) is 29.1. The fourth-order valence-corrected chi connectivity index (χ4v) is 3.08. The first-order valence-electron chi connectivity index (χ1n) is 8.76. The summed E-state index contributed by atoms with van der Waals surface area (Å²) in [6.45, 7) is 0.477. The van der Waals surface area contributed by atoms with E-state index in [1.807, 2.05) is 59.2 Å². The summed E-state index contributed by atoms with van der Waals surface area (Å²) < 4.78 is 12.7. The lowest BCUT2D eigenvalue weighted by Gasteiger charge is -2.10. The molecule has 2 aromatic carbocycles. The maximum atomic E-state index is 12.4. The Labute approximate surface area is 165 Å². The molecular weight excluding hydrogens is 374 g/mol. The van der Waals surface area contributed by atoms with Gasteiger partial charge in [0.25, 0.3) is 0 Å². The fourth-order valence-electron chi connectivity index (χ4n) is 3.08. The topological polar surface area (TPSA) is 101 Å². The smallest absolute Gasteiger partial charge is 0.361 e. The van der Waals surface area contributed by atoms with Crippen molar-refractivity contribution < 1.29 is 19.1 Å². The maximum absolute atomic E-state index is 12.4. The Morgan fingerprint density at radius 2 is 1.62 bits per heavy atom. The van der Waals surface area contributed by atoms with E-state index in [9.17, 15) is 9.59 Å². The molecule has 9 nitrogen and oxygen atoms in total. The number of methoxy groups -OCH3 is 2. The number of imidazole rings is 1. The van der Waals surface area contributed by atoms with Crippen LogP contribution in [0.2, 0.25) is 0 Å². The SMILES string of the molecule is COC(=O)c1nnn(-c2nc3ccccc3n2Cc2ccccc2)c1C(=O)OC. The second-order valence-electron chi connectivity index (χ2n) is 6.15. The fraction of sp³-hybridized carbons (Fsp3) is 0.150. The van der Waals surface area contributed by atoms with Gasteiger partial charge in [-0.25, -0.2) is 14.6 Å². The zero-order chi connectivity index (χ0) is 20.4. The Balaban J connectivity index is 1.95. The van der Waals surface area contributed by atoms with Crippen molar-refractivity contribution in [3.8, 4) is 5.95 Å². The van der Waals surface area contributed by atoms with Crippen LogP contribution in [0.1, 0.15) is 26.5 Å². The van der Waals surface area contributed by atoms with Crippen LogP contribution in [-0.2, 0) is 16.0 Å². The highest BCUT2D eigenvalue weighted by Gasteiger charge is 2.30. The number of hydrogen-bond donors (Lipinski definition) is 0. The third-order valence-electron chi connectivity index (χ3n) is 4.44. The van der Waals surface area contributed by atoms with E-state index in [2.05, 4.69) is 15.3 Å². The van der Waals surface area contributed by atoms with Crippen LogP contribution in [0.4, 0.5) is 0 Å². The molecule has 0 N–H and O–H groups in total. The van der Waals surface area contributed by atoms with Gasteiger partial charge in [0.1, 0.15) is 0 Å². The second-order valence-corrected chi connectivity index (χ2v) is 6.15. The summed E-state index contributed by atoms with van der Waals surface area (Å²) in [6.07, 6.45) is 0. The van der Waals surface area contributed by atoms with Crippen LogP contribution in [0.3, 0.4) is 0 Å². The molecular formula is C20H17N5O4. The molecule has 29 heavy (non-hydrogen) atoms. The van der Waals surface area contributed by atoms with Crippen molar-refractivity contribution in [1.29, 1.82) is 0 Å². The van der Waals surface area contributed by atoms with Crippen LogP contribution < -0.4 is 0 Å². The molecule has 2 aromatic heterocycles. The molecule has 0 atom stereocenters. The molecule has 0 saturated heterocycles. The molecule has 0 aliphatic carbocycles. The first-order valence-corrected chi connectivity index (χ1v) is 8.76. The maximum Gasteiger partial charge on any atom is 0.361 e. The zero-order valence-electron chi connectivity index (χ0n) is 15.8. The Hall–Kier alpha value is -4.01. The number of para-hydroxylation sites is 2. The largest absolute Gasteiger partial charge is 0.464 e. The quantitative estimate of drug-likeness (QED) is 0.481. The molecule has 0 radical (unpaired) electrons. The molecule has 9 heteroatoms. The van der Waals surface area contributed by atoms with E-state index in [-0.39, 0.29) is 11.4 Å². The molecule has 0 fully saturated rings. The molecule has 0 aliphatic rings. The normalized spacial score (nSPS) is 10.8. The predicted octanol–water partition coefficient (Wildman–Crippen LogP) is 2.24. The number of benzene rings is 2. The predicted molar refractivity (Wildman–Crippen MR) is 103 cm³/mol. The molecule has 2 heterocycles. The number of rotatable bonds is 5. The number of fused-ring (bicyclic) bond motifs is 1. The summed E-state index contributed by atoms with van der Waals surface area (Å²) in [5.74, 6) is -1.23. The van der Waals surface area contributed by atoms with Crippen LogP contribution in [-0.4, -0.2) is 50.7 Å². The summed E-state index contributed by atoms with van der Waals surface area (Å²) in [5, 5.41) is 7.84. The third kappa shape index (κ3) is 3.22. The van der Waals surface area contributed by atoms with Crippen LogP contribution >= 0.6 is 0 Å². The van der Waals surface area contributed by atoms with Gasteiger partial charge < -0.3 is 14.0 Å². The van der Waals surface area contributed by atoms with Crippen molar-refractivity contribution in [1.82, 2.24) is 24.5 Å². The van der Waals surface area contributed by atoms with E-state index in [4.69, 9.17) is 9.47 Å². The van der Waals surface area contributed by atoms with Gasteiger partial charge in [-0.15, -0.1) is 5.10 Å². The van der Waals surface area contributed by atoms with Gasteiger partial charge in [0.15, 0.2) is 5.69 Å². The van der Waals surface area contributed by atoms with E-state index >= 15 is 0 Å². The summed E-state index contributed by atoms with van der Waals surface area (Å²) in [7, 11) is 2.42. The van der Waals surface area contributed by atoms with Gasteiger partial charge in [0.05, 0.1) is 31.8 Å². The van der Waals surface area contributed by atoms with Gasteiger partial charge in [-0.3, -0.25) is 0 Å².